The summed E-state index contributed by atoms with van der Waals surface area (Å²) in [5, 5.41) is 0. The molecule has 0 saturated heterocycles. The van der Waals surface area contributed by atoms with Crippen LogP contribution in [0.3, 0.4) is 0 Å². The number of pyridine rings is 2. The second-order valence-electron chi connectivity index (χ2n) is 10.1. The minimum Gasteiger partial charge on any atom is -0.456 e. The molecule has 176 valence electrons. The molecule has 6 aromatic rings. The minimum atomic E-state index is -0.573. The fraction of sp³-hybridized carbons (Fsp3) is 0.0286. The maximum atomic E-state index is 6.77. The van der Waals surface area contributed by atoms with E-state index in [0.29, 0.717) is 0 Å². The topological polar surface area (TPSA) is 17.0 Å². The molecule has 0 N–H and O–H groups in total. The average Bonchev–Trinajstić information content (AvgIpc) is 3.48. The van der Waals surface area contributed by atoms with Gasteiger partial charge in [-0.15, -0.1) is 9.13 Å². The fourth-order valence-corrected chi connectivity index (χ4v) is 6.98. The van der Waals surface area contributed by atoms with Crippen LogP contribution in [-0.2, 0) is 5.66 Å². The normalized spacial score (nSPS) is 14.2. The van der Waals surface area contributed by atoms with Gasteiger partial charge < -0.3 is 4.74 Å². The number of benzene rings is 4. The van der Waals surface area contributed by atoms with Crippen molar-refractivity contribution in [1.82, 2.24) is 0 Å². The van der Waals surface area contributed by atoms with Crippen molar-refractivity contribution in [2.45, 2.75) is 5.66 Å². The van der Waals surface area contributed by atoms with Crippen molar-refractivity contribution in [1.29, 1.82) is 0 Å². The lowest BCUT2D eigenvalue weighted by atomic mass is 9.82. The minimum absolute atomic E-state index is 0.573. The molecule has 2 aromatic heterocycles. The van der Waals surface area contributed by atoms with E-state index in [0.717, 1.165) is 11.5 Å². The van der Waals surface area contributed by atoms with Gasteiger partial charge in [0, 0.05) is 24.3 Å². The zero-order chi connectivity index (χ0) is 24.8. The molecule has 0 bridgehead atoms. The van der Waals surface area contributed by atoms with E-state index in [2.05, 4.69) is 143 Å². The Labute approximate surface area is 220 Å². The molecule has 0 atom stereocenters. The van der Waals surface area contributed by atoms with E-state index in [4.69, 9.17) is 4.74 Å². The van der Waals surface area contributed by atoms with Gasteiger partial charge in [-0.05, 0) is 58.7 Å². The Morgan fingerprint density at radius 1 is 0.447 bits per heavy atom. The number of ether oxygens (including phenoxy) is 1. The van der Waals surface area contributed by atoms with Crippen molar-refractivity contribution < 1.29 is 13.9 Å². The lowest BCUT2D eigenvalue weighted by Crippen LogP contribution is -2.71. The Kier molecular flexibility index (Phi) is 3.73. The first-order valence-electron chi connectivity index (χ1n) is 13.0. The standard InChI is InChI=1S/C35H22N2O/c1-3-11-23(12-4-1)25-17-19-29-33-31(25)27-15-7-9-21-36(27)35(33)34-30(38-29)20-18-26(24-13-5-2-6-14-24)32(34)28-16-8-10-22-37(28)35/h1-22H/q+2. The SMILES string of the molecule is c1ccc(-c2ccc3c4c2-c2cccc[n+]2C42c4c(ccc(-c5ccccc5)c4-c4cccc[n+]42)O3)cc1. The summed E-state index contributed by atoms with van der Waals surface area (Å²) in [6.07, 6.45) is 4.47. The van der Waals surface area contributed by atoms with Gasteiger partial charge in [-0.1, -0.05) is 60.7 Å². The van der Waals surface area contributed by atoms with Gasteiger partial charge in [-0.2, -0.15) is 0 Å². The van der Waals surface area contributed by atoms with E-state index in [1.807, 2.05) is 0 Å². The second kappa shape index (κ2) is 7.05. The maximum absolute atomic E-state index is 6.77. The summed E-state index contributed by atoms with van der Waals surface area (Å²) >= 11 is 0. The molecular weight excluding hydrogens is 464 g/mol. The molecule has 3 aliphatic rings. The molecule has 0 aliphatic carbocycles. The molecule has 3 nitrogen and oxygen atoms in total. The van der Waals surface area contributed by atoms with E-state index >= 15 is 0 Å². The third kappa shape index (κ3) is 2.26. The second-order valence-corrected chi connectivity index (χ2v) is 10.1. The molecule has 1 spiro atoms. The van der Waals surface area contributed by atoms with E-state index in [9.17, 15) is 0 Å². The summed E-state index contributed by atoms with van der Waals surface area (Å²) in [7, 11) is 0. The Hall–Kier alpha value is -5.02. The van der Waals surface area contributed by atoms with Crippen LogP contribution in [0.15, 0.2) is 134 Å². The highest BCUT2D eigenvalue weighted by Crippen LogP contribution is 2.60. The summed E-state index contributed by atoms with van der Waals surface area (Å²) in [6.45, 7) is 0. The molecule has 0 fully saturated rings. The van der Waals surface area contributed by atoms with Gasteiger partial charge in [0.25, 0.3) is 0 Å². The predicted molar refractivity (Wildman–Crippen MR) is 147 cm³/mol. The molecule has 0 radical (unpaired) electrons. The van der Waals surface area contributed by atoms with E-state index in [1.165, 1.54) is 55.9 Å². The van der Waals surface area contributed by atoms with E-state index < -0.39 is 5.66 Å². The summed E-state index contributed by atoms with van der Waals surface area (Å²) in [5.41, 5.74) is 11.6. The van der Waals surface area contributed by atoms with Crippen molar-refractivity contribution >= 4 is 0 Å². The molecule has 9 rings (SSSR count). The molecule has 3 aliphatic heterocycles. The van der Waals surface area contributed by atoms with Crippen LogP contribution in [0.4, 0.5) is 0 Å². The van der Waals surface area contributed by atoms with Gasteiger partial charge in [-0.25, -0.2) is 0 Å². The van der Waals surface area contributed by atoms with Crippen molar-refractivity contribution in [2.75, 3.05) is 0 Å². The predicted octanol–water partition coefficient (Wildman–Crippen LogP) is 6.96. The summed E-state index contributed by atoms with van der Waals surface area (Å²) < 4.78 is 11.7. The first kappa shape index (κ1) is 20.1. The average molecular weight is 487 g/mol. The van der Waals surface area contributed by atoms with Gasteiger partial charge in [-0.3, -0.25) is 0 Å². The van der Waals surface area contributed by atoms with Gasteiger partial charge in [0.1, 0.15) is 11.5 Å². The molecule has 3 heteroatoms. The van der Waals surface area contributed by atoms with Crippen LogP contribution in [0.1, 0.15) is 11.1 Å². The Bertz CT molecular complexity index is 1800. The zero-order valence-electron chi connectivity index (χ0n) is 20.5. The quantitative estimate of drug-likeness (QED) is 0.241. The van der Waals surface area contributed by atoms with E-state index in [-0.39, 0.29) is 0 Å². The van der Waals surface area contributed by atoms with Crippen LogP contribution in [-0.4, -0.2) is 0 Å². The molecule has 5 heterocycles. The van der Waals surface area contributed by atoms with Crippen molar-refractivity contribution in [2.24, 2.45) is 0 Å². The number of aromatic nitrogens is 2. The molecule has 4 aromatic carbocycles. The van der Waals surface area contributed by atoms with Gasteiger partial charge >= 0.3 is 5.66 Å². The first-order valence-corrected chi connectivity index (χ1v) is 13.0. The van der Waals surface area contributed by atoms with Gasteiger partial charge in [0.05, 0.1) is 11.1 Å². The molecule has 0 saturated carbocycles. The molecule has 0 unspecified atom stereocenters. The highest BCUT2D eigenvalue weighted by Gasteiger charge is 2.71. The lowest BCUT2D eigenvalue weighted by molar-refractivity contribution is -0.955. The lowest BCUT2D eigenvalue weighted by Gasteiger charge is -2.26. The molecule has 38 heavy (non-hydrogen) atoms. The van der Waals surface area contributed by atoms with E-state index in [1.54, 1.807) is 0 Å². The van der Waals surface area contributed by atoms with Crippen LogP contribution in [0, 0.1) is 0 Å². The highest BCUT2D eigenvalue weighted by atomic mass is 16.5. The van der Waals surface area contributed by atoms with Crippen molar-refractivity contribution in [3.8, 4) is 56.3 Å². The summed E-state index contributed by atoms with van der Waals surface area (Å²) in [5.74, 6) is 1.83. The van der Waals surface area contributed by atoms with Gasteiger partial charge in [0.2, 0.25) is 11.4 Å². The van der Waals surface area contributed by atoms with Crippen LogP contribution >= 0.6 is 0 Å². The van der Waals surface area contributed by atoms with Crippen molar-refractivity contribution in [3.63, 3.8) is 0 Å². The first-order chi connectivity index (χ1) is 18.9. The number of hydrogen-bond donors (Lipinski definition) is 0. The number of hydrogen-bond acceptors (Lipinski definition) is 1. The van der Waals surface area contributed by atoms with Crippen LogP contribution < -0.4 is 13.9 Å². The maximum Gasteiger partial charge on any atom is 0.425 e. The summed E-state index contributed by atoms with van der Waals surface area (Å²) in [4.78, 5) is 0. The fourth-order valence-electron chi connectivity index (χ4n) is 6.98. The van der Waals surface area contributed by atoms with Gasteiger partial charge in [0.15, 0.2) is 23.5 Å². The Morgan fingerprint density at radius 3 is 1.37 bits per heavy atom. The summed E-state index contributed by atoms with van der Waals surface area (Å²) in [6, 6.07) is 43.2. The third-order valence-electron chi connectivity index (χ3n) is 8.35. The monoisotopic (exact) mass is 486 g/mol. The highest BCUT2D eigenvalue weighted by molar-refractivity contribution is 5.93. The zero-order valence-corrected chi connectivity index (χ0v) is 20.5. The Balaban J connectivity index is 1.49. The largest absolute Gasteiger partial charge is 0.456 e. The number of rotatable bonds is 2. The number of nitrogens with zero attached hydrogens (tertiary/aromatic N) is 2. The smallest absolute Gasteiger partial charge is 0.425 e. The van der Waals surface area contributed by atoms with Crippen LogP contribution in [0.2, 0.25) is 0 Å². The van der Waals surface area contributed by atoms with Crippen LogP contribution in [0.5, 0.6) is 11.5 Å². The molecule has 0 amide bonds. The van der Waals surface area contributed by atoms with Crippen molar-refractivity contribution in [3.05, 3.63) is 145 Å². The number of fused-ring (bicyclic) bond motifs is 4. The third-order valence-corrected chi connectivity index (χ3v) is 8.35. The Morgan fingerprint density at radius 2 is 0.895 bits per heavy atom. The van der Waals surface area contributed by atoms with Crippen LogP contribution in [0.25, 0.3) is 44.8 Å². The molecular formula is C35H22N2O+2.